The first-order chi connectivity index (χ1) is 29.1. The van der Waals surface area contributed by atoms with Crippen LogP contribution in [0.25, 0.3) is 38.2 Å². The third-order valence-corrected chi connectivity index (χ3v) is 14.1. The van der Waals surface area contributed by atoms with Gasteiger partial charge in [0.15, 0.2) is 0 Å². The fraction of sp³-hybridized carbons (Fsp3) is 0.172. The van der Waals surface area contributed by atoms with E-state index in [2.05, 4.69) is 227 Å². The number of hydrogen-bond donors (Lipinski definition) is 0. The zero-order valence-corrected chi connectivity index (χ0v) is 35.4. The molecule has 292 valence electrons. The average molecular weight is 775 g/mol. The van der Waals surface area contributed by atoms with Crippen molar-refractivity contribution in [2.45, 2.75) is 64.8 Å². The number of hydrogen-bond acceptors (Lipinski definition) is 2. The summed E-state index contributed by atoms with van der Waals surface area (Å²) in [5, 5.41) is 5.19. The summed E-state index contributed by atoms with van der Waals surface area (Å²) in [6, 6.07) is 61.2. The molecule has 1 unspecified atom stereocenters. The van der Waals surface area contributed by atoms with Crippen LogP contribution in [0.4, 0.5) is 28.4 Å². The molecule has 8 aromatic carbocycles. The second-order valence-electron chi connectivity index (χ2n) is 18.2. The Morgan fingerprint density at radius 2 is 0.950 bits per heavy atom. The molecule has 8 aromatic rings. The molecule has 2 heteroatoms. The van der Waals surface area contributed by atoms with Crippen LogP contribution in [0.5, 0.6) is 0 Å². The van der Waals surface area contributed by atoms with Crippen molar-refractivity contribution in [2.75, 3.05) is 9.80 Å². The van der Waals surface area contributed by atoms with Crippen molar-refractivity contribution in [3.05, 3.63) is 215 Å². The molecule has 0 spiro atoms. The first kappa shape index (κ1) is 36.4. The molecule has 3 aliphatic rings. The van der Waals surface area contributed by atoms with Crippen LogP contribution in [-0.2, 0) is 10.8 Å². The van der Waals surface area contributed by atoms with Gasteiger partial charge in [0.1, 0.15) is 0 Å². The molecule has 0 saturated carbocycles. The molecular formula is C58H50N2. The van der Waals surface area contributed by atoms with Crippen molar-refractivity contribution in [3.63, 3.8) is 0 Å². The van der Waals surface area contributed by atoms with E-state index in [9.17, 15) is 0 Å². The Balaban J connectivity index is 1.04. The van der Waals surface area contributed by atoms with Crippen LogP contribution in [0.3, 0.4) is 0 Å². The number of nitrogens with zero attached hydrogens (tertiary/aromatic N) is 2. The first-order valence-electron chi connectivity index (χ1n) is 21.5. The summed E-state index contributed by atoms with van der Waals surface area (Å²) in [5.74, 6) is 0. The molecule has 1 atom stereocenters. The molecule has 3 aliphatic carbocycles. The van der Waals surface area contributed by atoms with E-state index >= 15 is 0 Å². The highest BCUT2D eigenvalue weighted by molar-refractivity contribution is 6.08. The van der Waals surface area contributed by atoms with Crippen LogP contribution in [-0.4, -0.2) is 6.04 Å². The van der Waals surface area contributed by atoms with E-state index in [1.165, 1.54) is 94.3 Å². The van der Waals surface area contributed by atoms with Crippen molar-refractivity contribution < 1.29 is 0 Å². The number of aryl methyl sites for hydroxylation is 2. The number of allylic oxidation sites excluding steroid dienone is 2. The Hall–Kier alpha value is -6.64. The normalized spacial score (nSPS) is 16.7. The number of para-hydroxylation sites is 2. The number of fused-ring (bicyclic) bond motifs is 8. The second-order valence-corrected chi connectivity index (χ2v) is 18.2. The largest absolute Gasteiger partial charge is 0.334 e. The van der Waals surface area contributed by atoms with Crippen molar-refractivity contribution in [1.82, 2.24) is 0 Å². The minimum atomic E-state index is -0.0867. The van der Waals surface area contributed by atoms with Gasteiger partial charge in [-0.05, 0) is 158 Å². The maximum absolute atomic E-state index is 2.57. The smallest absolute Gasteiger partial charge is 0.0563 e. The highest BCUT2D eigenvalue weighted by atomic mass is 15.2. The Bertz CT molecular complexity index is 3090. The van der Waals surface area contributed by atoms with Crippen molar-refractivity contribution >= 4 is 55.6 Å². The molecule has 0 aromatic heterocycles. The summed E-state index contributed by atoms with van der Waals surface area (Å²) in [6.45, 7) is 14.1. The van der Waals surface area contributed by atoms with Gasteiger partial charge in [-0.3, -0.25) is 0 Å². The fourth-order valence-electron chi connectivity index (χ4n) is 11.0. The molecular weight excluding hydrogens is 725 g/mol. The van der Waals surface area contributed by atoms with E-state index < -0.39 is 0 Å². The van der Waals surface area contributed by atoms with Gasteiger partial charge in [-0.15, -0.1) is 0 Å². The first-order valence-corrected chi connectivity index (χ1v) is 21.5. The monoisotopic (exact) mass is 774 g/mol. The summed E-state index contributed by atoms with van der Waals surface area (Å²) in [7, 11) is 0. The highest BCUT2D eigenvalue weighted by Crippen LogP contribution is 2.53. The molecule has 11 rings (SSSR count). The van der Waals surface area contributed by atoms with Gasteiger partial charge in [-0.25, -0.2) is 0 Å². The van der Waals surface area contributed by atoms with Gasteiger partial charge in [0, 0.05) is 39.3 Å². The third-order valence-electron chi connectivity index (χ3n) is 14.1. The van der Waals surface area contributed by atoms with Crippen molar-refractivity contribution in [2.24, 2.45) is 0 Å². The topological polar surface area (TPSA) is 6.48 Å². The van der Waals surface area contributed by atoms with E-state index in [0.29, 0.717) is 0 Å². The Morgan fingerprint density at radius 3 is 1.65 bits per heavy atom. The second kappa shape index (κ2) is 13.4. The molecule has 0 bridgehead atoms. The summed E-state index contributed by atoms with van der Waals surface area (Å²) in [4.78, 5) is 5.01. The standard InChI is InChI=1S/C58H50N2/c1-37-45-29-25-41(59(39-17-9-7-10-18-39)43-27-31-49-47-21-13-15-23-53(47)57(3,4)55(49)35-43)33-51(45)38(2)52-34-42(26-30-46(37)52)60(40-19-11-8-12-20-40)44-28-32-50-48-22-14-16-24-54(48)58(5,6)56(50)36-44/h7-27,29-36,44H,28H2,1-6H3. The summed E-state index contributed by atoms with van der Waals surface area (Å²) in [6.07, 6.45) is 6.00. The minimum absolute atomic E-state index is 0.0498. The van der Waals surface area contributed by atoms with Crippen molar-refractivity contribution in [3.8, 4) is 11.1 Å². The summed E-state index contributed by atoms with van der Waals surface area (Å²) < 4.78 is 0. The van der Waals surface area contributed by atoms with E-state index in [1.54, 1.807) is 0 Å². The lowest BCUT2D eigenvalue weighted by Crippen LogP contribution is -2.32. The minimum Gasteiger partial charge on any atom is -0.334 e. The zero-order valence-electron chi connectivity index (χ0n) is 35.4. The lowest BCUT2D eigenvalue weighted by molar-refractivity contribution is 0.644. The lowest BCUT2D eigenvalue weighted by atomic mass is 9.79. The summed E-state index contributed by atoms with van der Waals surface area (Å²) in [5.41, 5.74) is 19.5. The van der Waals surface area contributed by atoms with E-state index in [-0.39, 0.29) is 16.9 Å². The average Bonchev–Trinajstić information content (AvgIpc) is 3.65. The molecule has 0 N–H and O–H groups in total. The number of anilines is 5. The van der Waals surface area contributed by atoms with E-state index in [0.717, 1.165) is 17.8 Å². The van der Waals surface area contributed by atoms with Crippen LogP contribution in [0.2, 0.25) is 0 Å². The van der Waals surface area contributed by atoms with Crippen LogP contribution in [0.1, 0.15) is 67.5 Å². The predicted octanol–water partition coefficient (Wildman–Crippen LogP) is 15.6. The van der Waals surface area contributed by atoms with E-state index in [4.69, 9.17) is 0 Å². The molecule has 0 radical (unpaired) electrons. The number of rotatable bonds is 6. The maximum Gasteiger partial charge on any atom is 0.0563 e. The third kappa shape index (κ3) is 5.40. The summed E-state index contributed by atoms with van der Waals surface area (Å²) >= 11 is 0. The maximum atomic E-state index is 2.57. The van der Waals surface area contributed by atoms with Crippen molar-refractivity contribution in [1.29, 1.82) is 0 Å². The molecule has 0 saturated heterocycles. The van der Waals surface area contributed by atoms with Gasteiger partial charge >= 0.3 is 0 Å². The predicted molar refractivity (Wildman–Crippen MR) is 256 cm³/mol. The van der Waals surface area contributed by atoms with Crippen LogP contribution in [0, 0.1) is 13.8 Å². The van der Waals surface area contributed by atoms with Crippen LogP contribution in [0.15, 0.2) is 182 Å². The molecule has 0 amide bonds. The van der Waals surface area contributed by atoms with Gasteiger partial charge < -0.3 is 9.80 Å². The number of benzene rings is 8. The van der Waals surface area contributed by atoms with E-state index in [1.807, 2.05) is 0 Å². The zero-order chi connectivity index (χ0) is 40.9. The van der Waals surface area contributed by atoms with Crippen LogP contribution >= 0.6 is 0 Å². The molecule has 0 fully saturated rings. The van der Waals surface area contributed by atoms with Gasteiger partial charge in [0.2, 0.25) is 0 Å². The molecule has 2 nitrogen and oxygen atoms in total. The van der Waals surface area contributed by atoms with Gasteiger partial charge in [-0.2, -0.15) is 0 Å². The molecule has 0 heterocycles. The highest BCUT2D eigenvalue weighted by Gasteiger charge is 2.40. The SMILES string of the molecule is Cc1c2ccc(N(c3ccccc3)c3ccc4c(c3)C(C)(C)c3ccccc3-4)cc2c(C)c2cc(N(c3ccccc3)C3C=C4C(=CC3)c3ccccc3C4(C)C)ccc12. The van der Waals surface area contributed by atoms with Gasteiger partial charge in [0.05, 0.1) is 6.04 Å². The fourth-order valence-corrected chi connectivity index (χ4v) is 11.0. The quantitative estimate of drug-likeness (QED) is 0.155. The van der Waals surface area contributed by atoms with Gasteiger partial charge in [0.25, 0.3) is 0 Å². The Kier molecular flexibility index (Phi) is 8.16. The lowest BCUT2D eigenvalue weighted by Gasteiger charge is -2.36. The molecule has 0 aliphatic heterocycles. The Morgan fingerprint density at radius 1 is 0.433 bits per heavy atom. The molecule has 60 heavy (non-hydrogen) atoms. The Labute approximate surface area is 354 Å². The van der Waals surface area contributed by atoms with Gasteiger partial charge in [-0.1, -0.05) is 143 Å². The van der Waals surface area contributed by atoms with Crippen LogP contribution < -0.4 is 9.80 Å².